The summed E-state index contributed by atoms with van der Waals surface area (Å²) >= 11 is 0. The van der Waals surface area contributed by atoms with Gasteiger partial charge in [-0.2, -0.15) is 0 Å². The third kappa shape index (κ3) is 2.49. The Balaban J connectivity index is 1.89. The second kappa shape index (κ2) is 5.92. The number of ether oxygens (including phenoxy) is 1. The van der Waals surface area contributed by atoms with Gasteiger partial charge in [0.15, 0.2) is 0 Å². The monoisotopic (exact) mass is 316 g/mol. The second-order valence-electron chi connectivity index (χ2n) is 7.93. The van der Waals surface area contributed by atoms with E-state index in [4.69, 9.17) is 4.74 Å². The maximum absolute atomic E-state index is 12.3. The minimum absolute atomic E-state index is 0.135. The van der Waals surface area contributed by atoms with E-state index in [1.54, 1.807) is 0 Å². The first kappa shape index (κ1) is 16.5. The van der Waals surface area contributed by atoms with Crippen molar-refractivity contribution in [1.29, 1.82) is 0 Å². The van der Waals surface area contributed by atoms with Crippen LogP contribution in [0.5, 0.6) is 0 Å². The van der Waals surface area contributed by atoms with Crippen molar-refractivity contribution in [2.45, 2.75) is 59.3 Å². The van der Waals surface area contributed by atoms with E-state index in [-0.39, 0.29) is 16.8 Å². The SMILES string of the molecule is CC1=CCC[C@@H]2[C@@](C=O)(CCC3=CCOC3=O)[C@H](C)CC[C@@]12C. The van der Waals surface area contributed by atoms with Gasteiger partial charge in [0.1, 0.15) is 12.9 Å². The smallest absolute Gasteiger partial charge is 0.334 e. The molecule has 0 spiro atoms. The zero-order valence-corrected chi connectivity index (χ0v) is 14.6. The number of carbonyl (C=O) groups is 2. The Morgan fingerprint density at radius 2 is 2.13 bits per heavy atom. The van der Waals surface area contributed by atoms with E-state index < -0.39 is 0 Å². The van der Waals surface area contributed by atoms with Crippen molar-refractivity contribution in [2.24, 2.45) is 22.7 Å². The number of hydrogen-bond acceptors (Lipinski definition) is 3. The highest BCUT2D eigenvalue weighted by Gasteiger charge is 2.55. The van der Waals surface area contributed by atoms with E-state index in [9.17, 15) is 9.59 Å². The Labute approximate surface area is 139 Å². The van der Waals surface area contributed by atoms with Crippen molar-refractivity contribution in [1.82, 2.24) is 0 Å². The molecule has 0 unspecified atom stereocenters. The minimum Gasteiger partial charge on any atom is -0.458 e. The van der Waals surface area contributed by atoms with Gasteiger partial charge in [-0.15, -0.1) is 0 Å². The topological polar surface area (TPSA) is 43.4 Å². The third-order valence-corrected chi connectivity index (χ3v) is 7.09. The van der Waals surface area contributed by atoms with Gasteiger partial charge in [-0.3, -0.25) is 0 Å². The van der Waals surface area contributed by atoms with E-state index in [0.29, 0.717) is 24.9 Å². The molecule has 0 aromatic carbocycles. The summed E-state index contributed by atoms with van der Waals surface area (Å²) in [6.07, 6.45) is 11.3. The van der Waals surface area contributed by atoms with Crippen LogP contribution in [0.2, 0.25) is 0 Å². The van der Waals surface area contributed by atoms with Crippen LogP contribution >= 0.6 is 0 Å². The number of carbonyl (C=O) groups excluding carboxylic acids is 2. The average molecular weight is 316 g/mol. The molecular formula is C20H28O3. The van der Waals surface area contributed by atoms with Gasteiger partial charge >= 0.3 is 5.97 Å². The Morgan fingerprint density at radius 1 is 1.35 bits per heavy atom. The number of fused-ring (bicyclic) bond motifs is 1. The summed E-state index contributed by atoms with van der Waals surface area (Å²) in [5.74, 6) is 0.568. The lowest BCUT2D eigenvalue weighted by Gasteiger charge is -2.57. The number of cyclic esters (lactones) is 1. The lowest BCUT2D eigenvalue weighted by Crippen LogP contribution is -2.52. The molecule has 4 atom stereocenters. The summed E-state index contributed by atoms with van der Waals surface area (Å²) in [5, 5.41) is 0. The molecule has 1 aliphatic heterocycles. The number of esters is 1. The van der Waals surface area contributed by atoms with Crippen LogP contribution in [0.3, 0.4) is 0 Å². The van der Waals surface area contributed by atoms with Gasteiger partial charge in [0.25, 0.3) is 0 Å². The van der Waals surface area contributed by atoms with Crippen molar-refractivity contribution in [3.05, 3.63) is 23.3 Å². The van der Waals surface area contributed by atoms with Crippen LogP contribution in [0, 0.1) is 22.7 Å². The fraction of sp³-hybridized carbons (Fsp3) is 0.700. The summed E-state index contributed by atoms with van der Waals surface area (Å²) in [7, 11) is 0. The van der Waals surface area contributed by atoms with E-state index in [0.717, 1.165) is 31.3 Å². The van der Waals surface area contributed by atoms with Gasteiger partial charge in [-0.05, 0) is 68.8 Å². The maximum Gasteiger partial charge on any atom is 0.334 e. The molecular weight excluding hydrogens is 288 g/mol. The lowest BCUT2D eigenvalue weighted by molar-refractivity contribution is -0.138. The standard InChI is InChI=1S/C20H28O3/c1-14-5-4-6-17-19(14,3)10-7-15(2)20(17,13-21)11-8-16-9-12-23-18(16)22/h5,9,13,15,17H,4,6-8,10-12H2,1-3H3/t15-,17+,19+,20-/m1/s1. The first-order valence-electron chi connectivity index (χ1n) is 8.94. The molecule has 0 aromatic rings. The zero-order chi connectivity index (χ0) is 16.7. The second-order valence-corrected chi connectivity index (χ2v) is 7.93. The van der Waals surface area contributed by atoms with Crippen molar-refractivity contribution >= 4 is 12.3 Å². The highest BCUT2D eigenvalue weighted by Crippen LogP contribution is 2.61. The highest BCUT2D eigenvalue weighted by molar-refractivity contribution is 5.90. The largest absolute Gasteiger partial charge is 0.458 e. The highest BCUT2D eigenvalue weighted by atomic mass is 16.5. The van der Waals surface area contributed by atoms with Gasteiger partial charge in [0.2, 0.25) is 0 Å². The van der Waals surface area contributed by atoms with Gasteiger partial charge in [0, 0.05) is 11.0 Å². The van der Waals surface area contributed by atoms with Gasteiger partial charge in [-0.1, -0.05) is 25.5 Å². The summed E-state index contributed by atoms with van der Waals surface area (Å²) in [4.78, 5) is 24.1. The predicted molar refractivity (Wildman–Crippen MR) is 89.8 cm³/mol. The quantitative estimate of drug-likeness (QED) is 0.443. The average Bonchev–Trinajstić information content (AvgIpc) is 2.95. The van der Waals surface area contributed by atoms with Crippen molar-refractivity contribution < 1.29 is 14.3 Å². The van der Waals surface area contributed by atoms with Crippen LogP contribution < -0.4 is 0 Å². The van der Waals surface area contributed by atoms with Crippen LogP contribution in [-0.2, 0) is 14.3 Å². The zero-order valence-electron chi connectivity index (χ0n) is 14.6. The number of allylic oxidation sites excluding steroid dienone is 2. The van der Waals surface area contributed by atoms with Gasteiger partial charge in [0.05, 0.1) is 0 Å². The number of rotatable bonds is 4. The molecule has 1 saturated carbocycles. The van der Waals surface area contributed by atoms with Crippen molar-refractivity contribution in [3.63, 3.8) is 0 Å². The fourth-order valence-electron chi connectivity index (χ4n) is 5.28. The first-order valence-corrected chi connectivity index (χ1v) is 8.94. The molecule has 2 aliphatic carbocycles. The Morgan fingerprint density at radius 3 is 2.78 bits per heavy atom. The molecule has 3 rings (SSSR count). The molecule has 3 nitrogen and oxygen atoms in total. The minimum atomic E-state index is -0.313. The van der Waals surface area contributed by atoms with E-state index in [1.165, 1.54) is 18.3 Å². The van der Waals surface area contributed by atoms with Crippen molar-refractivity contribution in [2.75, 3.05) is 6.61 Å². The molecule has 0 saturated heterocycles. The van der Waals surface area contributed by atoms with Crippen LogP contribution in [0.4, 0.5) is 0 Å². The molecule has 23 heavy (non-hydrogen) atoms. The summed E-state index contributed by atoms with van der Waals surface area (Å²) in [6.45, 7) is 7.19. The maximum atomic E-state index is 12.3. The molecule has 1 fully saturated rings. The van der Waals surface area contributed by atoms with Crippen molar-refractivity contribution in [3.8, 4) is 0 Å². The third-order valence-electron chi connectivity index (χ3n) is 7.09. The molecule has 126 valence electrons. The van der Waals surface area contributed by atoms with E-state index in [1.807, 2.05) is 6.08 Å². The molecule has 1 heterocycles. The number of aldehydes is 1. The Bertz CT molecular complexity index is 573. The molecule has 0 amide bonds. The molecule has 3 aliphatic rings. The molecule has 0 N–H and O–H groups in total. The van der Waals surface area contributed by atoms with Gasteiger partial charge < -0.3 is 9.53 Å². The van der Waals surface area contributed by atoms with Crippen LogP contribution in [0.1, 0.15) is 59.3 Å². The Kier molecular flexibility index (Phi) is 4.24. The van der Waals surface area contributed by atoms with E-state index in [2.05, 4.69) is 26.8 Å². The first-order chi connectivity index (χ1) is 10.9. The molecule has 0 aromatic heterocycles. The number of hydrogen-bond donors (Lipinski definition) is 0. The molecule has 3 heteroatoms. The summed E-state index contributed by atoms with van der Waals surface area (Å²) in [6, 6.07) is 0. The van der Waals surface area contributed by atoms with Crippen LogP contribution in [0.25, 0.3) is 0 Å². The Hall–Kier alpha value is -1.38. The fourth-order valence-corrected chi connectivity index (χ4v) is 5.28. The normalized spacial score (nSPS) is 40.0. The van der Waals surface area contributed by atoms with E-state index >= 15 is 0 Å². The summed E-state index contributed by atoms with van der Waals surface area (Å²) in [5.41, 5.74) is 2.03. The summed E-state index contributed by atoms with van der Waals surface area (Å²) < 4.78 is 5.01. The van der Waals surface area contributed by atoms with Gasteiger partial charge in [-0.25, -0.2) is 4.79 Å². The van der Waals surface area contributed by atoms with Crippen LogP contribution in [-0.4, -0.2) is 18.9 Å². The lowest BCUT2D eigenvalue weighted by atomic mass is 9.46. The van der Waals surface area contributed by atoms with Crippen LogP contribution in [0.15, 0.2) is 23.3 Å². The predicted octanol–water partition coefficient (Wildman–Crippen LogP) is 4.23. The molecule has 0 bridgehead atoms. The molecule has 0 radical (unpaired) electrons.